The molecule has 0 radical (unpaired) electrons. The molecule has 0 fully saturated rings. The highest BCUT2D eigenvalue weighted by molar-refractivity contribution is 7.89. The molecule has 2 aromatic carbocycles. The van der Waals surface area contributed by atoms with E-state index in [1.807, 2.05) is 37.3 Å². The molecule has 1 aliphatic rings. The molecule has 23 heavy (non-hydrogen) atoms. The van der Waals surface area contributed by atoms with Crippen LogP contribution in [0.15, 0.2) is 53.4 Å². The zero-order valence-corrected chi connectivity index (χ0v) is 13.9. The molecule has 122 valence electrons. The van der Waals surface area contributed by atoms with E-state index in [2.05, 4.69) is 0 Å². The number of hydrogen-bond donors (Lipinski definition) is 0. The Morgan fingerprint density at radius 1 is 1.00 bits per heavy atom. The van der Waals surface area contributed by atoms with Crippen LogP contribution in [0.4, 0.5) is 0 Å². The molecule has 1 heterocycles. The van der Waals surface area contributed by atoms with E-state index in [0.29, 0.717) is 24.7 Å². The number of hydrogen-bond acceptors (Lipinski definition) is 4. The molecule has 0 saturated heterocycles. The predicted octanol–water partition coefficient (Wildman–Crippen LogP) is 2.84. The number of rotatable bonds is 4. The van der Waals surface area contributed by atoms with Crippen LogP contribution in [-0.2, 0) is 10.0 Å². The van der Waals surface area contributed by atoms with Gasteiger partial charge in [-0.2, -0.15) is 4.31 Å². The second-order valence-corrected chi connectivity index (χ2v) is 7.41. The van der Waals surface area contributed by atoms with Crippen LogP contribution in [0.2, 0.25) is 0 Å². The molecule has 6 heteroatoms. The first-order valence-corrected chi connectivity index (χ1v) is 8.87. The third kappa shape index (κ3) is 3.04. The van der Waals surface area contributed by atoms with E-state index in [1.165, 1.54) is 10.4 Å². The van der Waals surface area contributed by atoms with Gasteiger partial charge in [0, 0.05) is 19.2 Å². The standard InChI is InChI=1S/C17H19NO4S/c1-13(14-6-4-3-5-7-14)18(2)23(19,20)15-8-9-16-17(12-15)22-11-10-21-16/h3-9,12-13H,10-11H2,1-2H3/t13-/m1/s1. The summed E-state index contributed by atoms with van der Waals surface area (Å²) in [5.74, 6) is 1.05. The van der Waals surface area contributed by atoms with Crippen molar-refractivity contribution in [3.05, 3.63) is 54.1 Å². The summed E-state index contributed by atoms with van der Waals surface area (Å²) in [5.41, 5.74) is 0.941. The molecule has 1 atom stereocenters. The maximum absolute atomic E-state index is 12.9. The first-order valence-electron chi connectivity index (χ1n) is 7.43. The zero-order chi connectivity index (χ0) is 16.4. The summed E-state index contributed by atoms with van der Waals surface area (Å²) in [6, 6.07) is 14.0. The lowest BCUT2D eigenvalue weighted by atomic mass is 10.1. The maximum atomic E-state index is 12.9. The van der Waals surface area contributed by atoms with Gasteiger partial charge in [0.2, 0.25) is 10.0 Å². The minimum absolute atomic E-state index is 0.201. The van der Waals surface area contributed by atoms with Gasteiger partial charge >= 0.3 is 0 Å². The second kappa shape index (κ2) is 6.22. The Morgan fingerprint density at radius 3 is 2.35 bits per heavy atom. The fourth-order valence-corrected chi connectivity index (χ4v) is 3.87. The topological polar surface area (TPSA) is 55.8 Å². The van der Waals surface area contributed by atoms with Crippen molar-refractivity contribution < 1.29 is 17.9 Å². The van der Waals surface area contributed by atoms with Gasteiger partial charge in [-0.25, -0.2) is 8.42 Å². The maximum Gasteiger partial charge on any atom is 0.243 e. The SMILES string of the molecule is C[C@H](c1ccccc1)N(C)S(=O)(=O)c1ccc2c(c1)OCCO2. The molecule has 0 bridgehead atoms. The smallest absolute Gasteiger partial charge is 0.243 e. The van der Waals surface area contributed by atoms with E-state index in [9.17, 15) is 8.42 Å². The monoisotopic (exact) mass is 333 g/mol. The predicted molar refractivity (Wildman–Crippen MR) is 87.2 cm³/mol. The fourth-order valence-electron chi connectivity index (χ4n) is 2.50. The zero-order valence-electron chi connectivity index (χ0n) is 13.1. The van der Waals surface area contributed by atoms with Crippen LogP contribution in [0.25, 0.3) is 0 Å². The molecule has 1 aliphatic heterocycles. The number of ether oxygens (including phenoxy) is 2. The van der Waals surface area contributed by atoms with Crippen molar-refractivity contribution in [2.45, 2.75) is 17.9 Å². The normalized spacial score (nSPS) is 15.4. The molecular formula is C17H19NO4S. The van der Waals surface area contributed by atoms with Gasteiger partial charge in [0.15, 0.2) is 11.5 Å². The Bertz CT molecular complexity index is 789. The Morgan fingerprint density at radius 2 is 1.65 bits per heavy atom. The van der Waals surface area contributed by atoms with Crippen LogP contribution in [-0.4, -0.2) is 33.0 Å². The second-order valence-electron chi connectivity index (χ2n) is 5.41. The van der Waals surface area contributed by atoms with Gasteiger partial charge in [0.05, 0.1) is 4.90 Å². The van der Waals surface area contributed by atoms with Gasteiger partial charge in [-0.3, -0.25) is 0 Å². The van der Waals surface area contributed by atoms with E-state index in [0.717, 1.165) is 5.56 Å². The van der Waals surface area contributed by atoms with E-state index >= 15 is 0 Å². The van der Waals surface area contributed by atoms with Crippen molar-refractivity contribution in [3.63, 3.8) is 0 Å². The van der Waals surface area contributed by atoms with E-state index < -0.39 is 10.0 Å². The van der Waals surface area contributed by atoms with Crippen molar-refractivity contribution in [2.24, 2.45) is 0 Å². The summed E-state index contributed by atoms with van der Waals surface area (Å²) in [5, 5.41) is 0. The van der Waals surface area contributed by atoms with Gasteiger partial charge < -0.3 is 9.47 Å². The first-order chi connectivity index (χ1) is 11.0. The fraction of sp³-hybridized carbons (Fsp3) is 0.294. The van der Waals surface area contributed by atoms with E-state index in [4.69, 9.17) is 9.47 Å². The first kappa shape index (κ1) is 15.8. The molecule has 5 nitrogen and oxygen atoms in total. The van der Waals surface area contributed by atoms with Crippen molar-refractivity contribution in [3.8, 4) is 11.5 Å². The van der Waals surface area contributed by atoms with Crippen molar-refractivity contribution >= 4 is 10.0 Å². The van der Waals surface area contributed by atoms with Gasteiger partial charge in [-0.1, -0.05) is 30.3 Å². The van der Waals surface area contributed by atoms with Gasteiger partial charge in [0.1, 0.15) is 13.2 Å². The number of nitrogens with zero attached hydrogens (tertiary/aromatic N) is 1. The number of sulfonamides is 1. The molecule has 2 aromatic rings. The molecule has 0 aliphatic carbocycles. The molecule has 3 rings (SSSR count). The Balaban J connectivity index is 1.91. The van der Waals surface area contributed by atoms with Gasteiger partial charge in [-0.05, 0) is 24.6 Å². The van der Waals surface area contributed by atoms with Crippen molar-refractivity contribution in [2.75, 3.05) is 20.3 Å². The lowest BCUT2D eigenvalue weighted by Gasteiger charge is -2.25. The minimum Gasteiger partial charge on any atom is -0.486 e. The lowest BCUT2D eigenvalue weighted by molar-refractivity contribution is 0.171. The molecule has 0 unspecified atom stereocenters. The van der Waals surface area contributed by atoms with Gasteiger partial charge in [-0.15, -0.1) is 0 Å². The summed E-state index contributed by atoms with van der Waals surface area (Å²) in [7, 11) is -2.03. The highest BCUT2D eigenvalue weighted by atomic mass is 32.2. The molecular weight excluding hydrogens is 314 g/mol. The summed E-state index contributed by atoms with van der Waals surface area (Å²) in [4.78, 5) is 0.201. The average molecular weight is 333 g/mol. The van der Waals surface area contributed by atoms with Crippen LogP contribution in [0.1, 0.15) is 18.5 Å². The highest BCUT2D eigenvalue weighted by Gasteiger charge is 2.27. The quantitative estimate of drug-likeness (QED) is 0.863. The third-order valence-electron chi connectivity index (χ3n) is 4.02. The average Bonchev–Trinajstić information content (AvgIpc) is 2.60. The van der Waals surface area contributed by atoms with Crippen LogP contribution in [0.5, 0.6) is 11.5 Å². The van der Waals surface area contributed by atoms with E-state index in [-0.39, 0.29) is 10.9 Å². The molecule has 0 saturated carbocycles. The largest absolute Gasteiger partial charge is 0.486 e. The van der Waals surface area contributed by atoms with Gasteiger partial charge in [0.25, 0.3) is 0 Å². The van der Waals surface area contributed by atoms with Crippen LogP contribution < -0.4 is 9.47 Å². The summed E-state index contributed by atoms with van der Waals surface area (Å²) in [6.07, 6.45) is 0. The summed E-state index contributed by atoms with van der Waals surface area (Å²) < 4.78 is 38.0. The third-order valence-corrected chi connectivity index (χ3v) is 5.94. The van der Waals surface area contributed by atoms with Crippen LogP contribution >= 0.6 is 0 Å². The Labute approximate surface area is 136 Å². The van der Waals surface area contributed by atoms with Crippen LogP contribution in [0.3, 0.4) is 0 Å². The van der Waals surface area contributed by atoms with E-state index in [1.54, 1.807) is 19.2 Å². The summed E-state index contributed by atoms with van der Waals surface area (Å²) >= 11 is 0. The highest BCUT2D eigenvalue weighted by Crippen LogP contribution is 2.34. The Hall–Kier alpha value is -2.05. The molecule has 0 aromatic heterocycles. The summed E-state index contributed by atoms with van der Waals surface area (Å²) in [6.45, 7) is 2.77. The molecule has 0 N–H and O–H groups in total. The van der Waals surface area contributed by atoms with Crippen molar-refractivity contribution in [1.29, 1.82) is 0 Å². The Kier molecular flexibility index (Phi) is 4.28. The minimum atomic E-state index is -3.62. The number of fused-ring (bicyclic) bond motifs is 1. The van der Waals surface area contributed by atoms with Crippen LogP contribution in [0, 0.1) is 0 Å². The lowest BCUT2D eigenvalue weighted by Crippen LogP contribution is -2.30. The molecule has 0 amide bonds. The molecule has 0 spiro atoms. The number of benzene rings is 2. The van der Waals surface area contributed by atoms with Crippen molar-refractivity contribution in [1.82, 2.24) is 4.31 Å².